The third kappa shape index (κ3) is 4.24. The number of aromatic nitrogens is 2. The topological polar surface area (TPSA) is 84.1 Å². The molecule has 3 N–H and O–H groups in total. The zero-order chi connectivity index (χ0) is 15.5. The number of carbonyl (C=O) groups is 1. The maximum atomic E-state index is 12.4. The number of amides is 1. The van der Waals surface area contributed by atoms with Crippen molar-refractivity contribution in [3.05, 3.63) is 47.2 Å². The summed E-state index contributed by atoms with van der Waals surface area (Å²) in [5, 5.41) is 3.72. The maximum Gasteiger partial charge on any atom is 0.253 e. The second-order valence-electron chi connectivity index (χ2n) is 5.23. The van der Waals surface area contributed by atoms with Gasteiger partial charge in [0.2, 0.25) is 5.95 Å². The summed E-state index contributed by atoms with van der Waals surface area (Å²) in [6.45, 7) is 1.32. The van der Waals surface area contributed by atoms with E-state index in [4.69, 9.17) is 17.3 Å². The number of anilines is 2. The fraction of sp³-hybridized carbons (Fsp3) is 0.267. The fourth-order valence-electron chi connectivity index (χ4n) is 2.44. The Labute approximate surface area is 145 Å². The van der Waals surface area contributed by atoms with Gasteiger partial charge in [-0.05, 0) is 30.7 Å². The summed E-state index contributed by atoms with van der Waals surface area (Å²) in [5.74, 6) is 0.539. The minimum atomic E-state index is 0. The van der Waals surface area contributed by atoms with Crippen LogP contribution < -0.4 is 11.1 Å². The molecule has 23 heavy (non-hydrogen) atoms. The zero-order valence-electron chi connectivity index (χ0n) is 12.3. The SMILES string of the molecule is Cl.Nc1ccc(C(=O)N2CC[C@@H](Nc3ncc(Cl)cn3)C2)cc1. The molecule has 1 saturated heterocycles. The average molecular weight is 354 g/mol. The molecule has 1 atom stereocenters. The Morgan fingerprint density at radius 1 is 1.26 bits per heavy atom. The smallest absolute Gasteiger partial charge is 0.253 e. The van der Waals surface area contributed by atoms with Crippen molar-refractivity contribution >= 4 is 41.6 Å². The van der Waals surface area contributed by atoms with Crippen molar-refractivity contribution in [3.8, 4) is 0 Å². The molecule has 0 bridgehead atoms. The molecule has 1 aliphatic heterocycles. The van der Waals surface area contributed by atoms with E-state index in [9.17, 15) is 4.79 Å². The van der Waals surface area contributed by atoms with E-state index in [1.807, 2.05) is 4.90 Å². The summed E-state index contributed by atoms with van der Waals surface area (Å²) in [6, 6.07) is 7.11. The van der Waals surface area contributed by atoms with Gasteiger partial charge in [-0.3, -0.25) is 4.79 Å². The van der Waals surface area contributed by atoms with Crippen LogP contribution in [0.3, 0.4) is 0 Å². The maximum absolute atomic E-state index is 12.4. The van der Waals surface area contributed by atoms with Gasteiger partial charge in [0.1, 0.15) is 0 Å². The van der Waals surface area contributed by atoms with Crippen LogP contribution in [0, 0.1) is 0 Å². The molecule has 3 rings (SSSR count). The lowest BCUT2D eigenvalue weighted by atomic mass is 10.2. The van der Waals surface area contributed by atoms with Crippen molar-refractivity contribution in [1.82, 2.24) is 14.9 Å². The average Bonchev–Trinajstić information content (AvgIpc) is 2.98. The van der Waals surface area contributed by atoms with Crippen molar-refractivity contribution in [2.75, 3.05) is 24.1 Å². The highest BCUT2D eigenvalue weighted by Crippen LogP contribution is 2.17. The predicted octanol–water partition coefficient (Wildman–Crippen LogP) is 2.46. The number of halogens is 2. The van der Waals surface area contributed by atoms with E-state index < -0.39 is 0 Å². The van der Waals surface area contributed by atoms with Gasteiger partial charge < -0.3 is 16.0 Å². The first-order valence-electron chi connectivity index (χ1n) is 7.01. The molecule has 0 spiro atoms. The first-order valence-corrected chi connectivity index (χ1v) is 7.38. The van der Waals surface area contributed by atoms with Gasteiger partial charge in [-0.25, -0.2) is 9.97 Å². The highest BCUT2D eigenvalue weighted by molar-refractivity contribution is 6.30. The lowest BCUT2D eigenvalue weighted by Gasteiger charge is -2.17. The molecule has 1 amide bonds. The molecule has 122 valence electrons. The van der Waals surface area contributed by atoms with Crippen LogP contribution in [0.15, 0.2) is 36.7 Å². The molecule has 2 heterocycles. The van der Waals surface area contributed by atoms with E-state index >= 15 is 0 Å². The van der Waals surface area contributed by atoms with Crippen molar-refractivity contribution < 1.29 is 4.79 Å². The normalized spacial score (nSPS) is 16.7. The van der Waals surface area contributed by atoms with Gasteiger partial charge in [-0.2, -0.15) is 0 Å². The Morgan fingerprint density at radius 3 is 2.57 bits per heavy atom. The number of rotatable bonds is 3. The van der Waals surface area contributed by atoms with Gasteiger partial charge in [0.25, 0.3) is 5.91 Å². The summed E-state index contributed by atoms with van der Waals surface area (Å²) in [5.41, 5.74) is 6.94. The van der Waals surface area contributed by atoms with E-state index in [1.165, 1.54) is 0 Å². The van der Waals surface area contributed by atoms with Crippen LogP contribution in [-0.2, 0) is 0 Å². The van der Waals surface area contributed by atoms with Gasteiger partial charge in [0, 0.05) is 30.4 Å². The lowest BCUT2D eigenvalue weighted by Crippen LogP contribution is -2.31. The lowest BCUT2D eigenvalue weighted by molar-refractivity contribution is 0.0791. The van der Waals surface area contributed by atoms with E-state index in [0.717, 1.165) is 6.42 Å². The van der Waals surface area contributed by atoms with Gasteiger partial charge in [0.05, 0.1) is 17.4 Å². The van der Waals surface area contributed by atoms with Gasteiger partial charge in [-0.1, -0.05) is 11.6 Å². The monoisotopic (exact) mass is 353 g/mol. The first kappa shape index (κ1) is 17.3. The Hall–Kier alpha value is -2.05. The molecular formula is C15H17Cl2N5O. The standard InChI is InChI=1S/C15H16ClN5O.ClH/c16-11-7-18-15(19-8-11)20-13-5-6-21(9-13)14(22)10-1-3-12(17)4-2-10;/h1-4,7-8,13H,5-6,9,17H2,(H,18,19,20);1H/t13-;/m1./s1. The number of likely N-dealkylation sites (tertiary alicyclic amines) is 1. The Bertz CT molecular complexity index is 663. The van der Waals surface area contributed by atoms with E-state index in [2.05, 4.69) is 15.3 Å². The molecule has 6 nitrogen and oxygen atoms in total. The van der Waals surface area contributed by atoms with Crippen molar-refractivity contribution in [1.29, 1.82) is 0 Å². The number of nitrogens with zero attached hydrogens (tertiary/aromatic N) is 3. The van der Waals surface area contributed by atoms with Crippen LogP contribution in [-0.4, -0.2) is 39.9 Å². The Balaban J connectivity index is 0.00000192. The second kappa shape index (κ2) is 7.48. The number of benzene rings is 1. The number of hydrogen-bond acceptors (Lipinski definition) is 5. The molecule has 0 unspecified atom stereocenters. The van der Waals surface area contributed by atoms with Crippen LogP contribution >= 0.6 is 24.0 Å². The molecule has 1 aliphatic rings. The highest BCUT2D eigenvalue weighted by atomic mass is 35.5. The van der Waals surface area contributed by atoms with Crippen molar-refractivity contribution in [2.24, 2.45) is 0 Å². The summed E-state index contributed by atoms with van der Waals surface area (Å²) in [4.78, 5) is 22.4. The predicted molar refractivity (Wildman–Crippen MR) is 93.1 cm³/mol. The number of nitrogens with two attached hydrogens (primary N) is 1. The molecular weight excluding hydrogens is 337 g/mol. The third-order valence-electron chi connectivity index (χ3n) is 3.59. The van der Waals surface area contributed by atoms with Crippen LogP contribution in [0.25, 0.3) is 0 Å². The quantitative estimate of drug-likeness (QED) is 0.828. The largest absolute Gasteiger partial charge is 0.399 e. The summed E-state index contributed by atoms with van der Waals surface area (Å²) < 4.78 is 0. The van der Waals surface area contributed by atoms with Crippen LogP contribution in [0.5, 0.6) is 0 Å². The molecule has 1 fully saturated rings. The minimum absolute atomic E-state index is 0. The summed E-state index contributed by atoms with van der Waals surface area (Å²) in [7, 11) is 0. The van der Waals surface area contributed by atoms with E-state index in [0.29, 0.717) is 35.3 Å². The third-order valence-corrected chi connectivity index (χ3v) is 3.78. The van der Waals surface area contributed by atoms with Crippen molar-refractivity contribution in [2.45, 2.75) is 12.5 Å². The second-order valence-corrected chi connectivity index (χ2v) is 5.66. The van der Waals surface area contributed by atoms with Gasteiger partial charge >= 0.3 is 0 Å². The molecule has 0 radical (unpaired) electrons. The molecule has 1 aromatic carbocycles. The van der Waals surface area contributed by atoms with Crippen LogP contribution in [0.4, 0.5) is 11.6 Å². The minimum Gasteiger partial charge on any atom is -0.399 e. The highest BCUT2D eigenvalue weighted by Gasteiger charge is 2.27. The Morgan fingerprint density at radius 2 is 1.91 bits per heavy atom. The zero-order valence-corrected chi connectivity index (χ0v) is 13.8. The Kier molecular flexibility index (Phi) is 5.63. The molecule has 8 heteroatoms. The number of hydrogen-bond donors (Lipinski definition) is 2. The van der Waals surface area contributed by atoms with Crippen molar-refractivity contribution in [3.63, 3.8) is 0 Å². The number of nitrogen functional groups attached to an aromatic ring is 1. The molecule has 0 aliphatic carbocycles. The van der Waals surface area contributed by atoms with Gasteiger partial charge in [-0.15, -0.1) is 12.4 Å². The number of nitrogens with one attached hydrogen (secondary N) is 1. The molecule has 1 aromatic heterocycles. The molecule has 2 aromatic rings. The molecule has 0 saturated carbocycles. The summed E-state index contributed by atoms with van der Waals surface area (Å²) in [6.07, 6.45) is 3.94. The first-order chi connectivity index (χ1) is 10.6. The van der Waals surface area contributed by atoms with E-state index in [1.54, 1.807) is 36.7 Å². The fourth-order valence-corrected chi connectivity index (χ4v) is 2.54. The van der Waals surface area contributed by atoms with Gasteiger partial charge in [0.15, 0.2) is 0 Å². The van der Waals surface area contributed by atoms with Crippen LogP contribution in [0.1, 0.15) is 16.8 Å². The number of carbonyl (C=O) groups excluding carboxylic acids is 1. The summed E-state index contributed by atoms with van der Waals surface area (Å²) >= 11 is 5.76. The van der Waals surface area contributed by atoms with E-state index in [-0.39, 0.29) is 24.4 Å². The van der Waals surface area contributed by atoms with Crippen LogP contribution in [0.2, 0.25) is 5.02 Å².